The number of anilines is 1. The van der Waals surface area contributed by atoms with Gasteiger partial charge in [-0.05, 0) is 6.92 Å². The van der Waals surface area contributed by atoms with Gasteiger partial charge in [-0.2, -0.15) is 5.48 Å². The molecule has 0 fully saturated rings. The van der Waals surface area contributed by atoms with Gasteiger partial charge in [0.05, 0.1) is 5.69 Å². The number of thiazole rings is 1. The Morgan fingerprint density at radius 2 is 2.58 bits per heavy atom. The lowest BCUT2D eigenvalue weighted by molar-refractivity contribution is 0.362. The molecule has 0 aliphatic carbocycles. The zero-order valence-electron chi connectivity index (χ0n) is 7.05. The molecule has 1 heterocycles. The summed E-state index contributed by atoms with van der Waals surface area (Å²) >= 11 is 1.49. The number of aryl methyl sites for hydroxylation is 1. The fourth-order valence-corrected chi connectivity index (χ4v) is 1.20. The average Bonchev–Trinajstić information content (AvgIpc) is 2.45. The van der Waals surface area contributed by atoms with Gasteiger partial charge in [-0.1, -0.05) is 12.8 Å². The minimum Gasteiger partial charge on any atom is -0.327 e. The molecule has 0 atom stereocenters. The van der Waals surface area contributed by atoms with Crippen LogP contribution in [0, 0.1) is 19.0 Å². The third-order valence-electron chi connectivity index (χ3n) is 1.06. The van der Waals surface area contributed by atoms with E-state index in [0.29, 0.717) is 0 Å². The maximum absolute atomic E-state index is 4.81. The largest absolute Gasteiger partial charge is 0.327 e. The molecule has 12 heavy (non-hydrogen) atoms. The van der Waals surface area contributed by atoms with Gasteiger partial charge in [0.25, 0.3) is 0 Å². The van der Waals surface area contributed by atoms with Crippen LogP contribution in [-0.4, -0.2) is 4.98 Å². The summed E-state index contributed by atoms with van der Waals surface area (Å²) in [5.41, 5.74) is 3.62. The summed E-state index contributed by atoms with van der Waals surface area (Å²) in [6, 6.07) is 0. The molecule has 4 heteroatoms. The Kier molecular flexibility index (Phi) is 3.42. The summed E-state index contributed by atoms with van der Waals surface area (Å²) in [5, 5.41) is 2.68. The number of hydrogen-bond acceptors (Lipinski definition) is 4. The van der Waals surface area contributed by atoms with E-state index >= 15 is 0 Å². The van der Waals surface area contributed by atoms with Crippen LogP contribution < -0.4 is 5.48 Å². The van der Waals surface area contributed by atoms with Crippen LogP contribution in [0.3, 0.4) is 0 Å². The van der Waals surface area contributed by atoms with Crippen molar-refractivity contribution < 1.29 is 4.84 Å². The molecule has 1 rings (SSSR count). The second kappa shape index (κ2) is 4.62. The molecule has 0 radical (unpaired) electrons. The first-order chi connectivity index (χ1) is 5.83. The van der Waals surface area contributed by atoms with E-state index < -0.39 is 0 Å². The van der Waals surface area contributed by atoms with E-state index in [9.17, 15) is 0 Å². The average molecular weight is 182 g/mol. The Morgan fingerprint density at radius 1 is 1.75 bits per heavy atom. The second-order valence-corrected chi connectivity index (χ2v) is 2.99. The topological polar surface area (TPSA) is 34.1 Å². The summed E-state index contributed by atoms with van der Waals surface area (Å²) in [6.07, 6.45) is 3.29. The molecule has 0 saturated heterocycles. The third kappa shape index (κ3) is 2.81. The Labute approximate surface area is 75.7 Å². The maximum atomic E-state index is 4.81. The van der Waals surface area contributed by atoms with Gasteiger partial charge in [0.2, 0.25) is 5.13 Å². The number of rotatable bonds is 2. The van der Waals surface area contributed by atoms with Crippen LogP contribution in [0.25, 0.3) is 0 Å². The highest BCUT2D eigenvalue weighted by atomic mass is 32.1. The van der Waals surface area contributed by atoms with E-state index in [1.807, 2.05) is 19.2 Å². The van der Waals surface area contributed by atoms with E-state index in [1.165, 1.54) is 11.3 Å². The van der Waals surface area contributed by atoms with Crippen molar-refractivity contribution in [1.29, 1.82) is 0 Å². The molecule has 0 aliphatic rings. The summed E-state index contributed by atoms with van der Waals surface area (Å²) in [6.45, 7) is 3.89. The molecular formula is C8H10N2OS. The predicted octanol–water partition coefficient (Wildman–Crippen LogP) is 2.17. The van der Waals surface area contributed by atoms with Crippen molar-refractivity contribution in [2.24, 2.45) is 0 Å². The quantitative estimate of drug-likeness (QED) is 0.562. The number of aromatic nitrogens is 1. The fourth-order valence-electron chi connectivity index (χ4n) is 0.578. The van der Waals surface area contributed by atoms with Gasteiger partial charge in [-0.15, -0.1) is 11.3 Å². The van der Waals surface area contributed by atoms with Crippen LogP contribution in [0.2, 0.25) is 0 Å². The Bertz CT molecular complexity index is 297. The highest BCUT2D eigenvalue weighted by Crippen LogP contribution is 2.13. The molecule has 0 saturated carbocycles. The normalized spacial score (nSPS) is 8.50. The highest BCUT2D eigenvalue weighted by Gasteiger charge is 1.94. The summed E-state index contributed by atoms with van der Waals surface area (Å²) < 4.78 is 0. The van der Waals surface area contributed by atoms with Crippen molar-refractivity contribution in [1.82, 2.24) is 4.98 Å². The smallest absolute Gasteiger partial charge is 0.217 e. The molecule has 0 bridgehead atoms. The van der Waals surface area contributed by atoms with E-state index in [0.717, 1.165) is 17.2 Å². The van der Waals surface area contributed by atoms with Crippen LogP contribution in [0.15, 0.2) is 5.38 Å². The SMILES string of the molecule is CCC#CONc1nc(C)cs1. The second-order valence-electron chi connectivity index (χ2n) is 2.13. The first-order valence-electron chi connectivity index (χ1n) is 3.64. The zero-order chi connectivity index (χ0) is 8.81. The van der Waals surface area contributed by atoms with E-state index in [4.69, 9.17) is 4.84 Å². The molecule has 1 aromatic heterocycles. The molecule has 3 nitrogen and oxygen atoms in total. The Balaban J connectivity index is 2.33. The highest BCUT2D eigenvalue weighted by molar-refractivity contribution is 7.13. The van der Waals surface area contributed by atoms with Crippen LogP contribution >= 0.6 is 11.3 Å². The summed E-state index contributed by atoms with van der Waals surface area (Å²) in [5.74, 6) is 2.77. The van der Waals surface area contributed by atoms with Crippen molar-refractivity contribution in [3.63, 3.8) is 0 Å². The molecule has 64 valence electrons. The monoisotopic (exact) mass is 182 g/mol. The van der Waals surface area contributed by atoms with Crippen molar-refractivity contribution >= 4 is 16.5 Å². The van der Waals surface area contributed by atoms with Crippen LogP contribution in [-0.2, 0) is 4.84 Å². The minimum atomic E-state index is 0.734. The molecule has 0 aliphatic heterocycles. The molecule has 1 aromatic rings. The molecule has 0 spiro atoms. The fraction of sp³-hybridized carbons (Fsp3) is 0.375. The van der Waals surface area contributed by atoms with E-state index in [-0.39, 0.29) is 0 Å². The predicted molar refractivity (Wildman–Crippen MR) is 49.6 cm³/mol. The van der Waals surface area contributed by atoms with Crippen LogP contribution in [0.5, 0.6) is 0 Å². The van der Waals surface area contributed by atoms with Gasteiger partial charge in [-0.25, -0.2) is 4.98 Å². The van der Waals surface area contributed by atoms with Gasteiger partial charge in [0.1, 0.15) is 6.11 Å². The molecule has 0 amide bonds. The van der Waals surface area contributed by atoms with Crippen molar-refractivity contribution in [3.05, 3.63) is 11.1 Å². The number of hydrogen-bond donors (Lipinski definition) is 1. The van der Waals surface area contributed by atoms with Gasteiger partial charge < -0.3 is 4.84 Å². The van der Waals surface area contributed by atoms with Gasteiger partial charge in [-0.3, -0.25) is 0 Å². The number of nitrogens with one attached hydrogen (secondary N) is 1. The van der Waals surface area contributed by atoms with E-state index in [1.54, 1.807) is 0 Å². The van der Waals surface area contributed by atoms with Gasteiger partial charge in [0.15, 0.2) is 0 Å². The lowest BCUT2D eigenvalue weighted by Gasteiger charge is -1.93. The van der Waals surface area contributed by atoms with Gasteiger partial charge in [0, 0.05) is 11.8 Å². The number of nitrogens with zero attached hydrogens (tertiary/aromatic N) is 1. The standard InChI is InChI=1S/C8H10N2OS/c1-3-4-5-11-10-8-9-7(2)6-12-8/h6H,3H2,1-2H3,(H,9,10). The summed E-state index contributed by atoms with van der Waals surface area (Å²) in [7, 11) is 0. The lowest BCUT2D eigenvalue weighted by Crippen LogP contribution is -1.94. The molecule has 0 aromatic carbocycles. The maximum Gasteiger partial charge on any atom is 0.217 e. The Morgan fingerprint density at radius 3 is 3.17 bits per heavy atom. The zero-order valence-corrected chi connectivity index (χ0v) is 7.86. The molecular weight excluding hydrogens is 172 g/mol. The molecule has 0 unspecified atom stereocenters. The van der Waals surface area contributed by atoms with Crippen molar-refractivity contribution in [2.45, 2.75) is 20.3 Å². The summed E-state index contributed by atoms with van der Waals surface area (Å²) in [4.78, 5) is 8.93. The van der Waals surface area contributed by atoms with Crippen molar-refractivity contribution in [2.75, 3.05) is 5.48 Å². The van der Waals surface area contributed by atoms with Crippen LogP contribution in [0.1, 0.15) is 19.0 Å². The minimum absolute atomic E-state index is 0.734. The van der Waals surface area contributed by atoms with Crippen molar-refractivity contribution in [3.8, 4) is 12.0 Å². The first-order valence-corrected chi connectivity index (χ1v) is 4.52. The van der Waals surface area contributed by atoms with Crippen LogP contribution in [0.4, 0.5) is 5.13 Å². The van der Waals surface area contributed by atoms with E-state index in [2.05, 4.69) is 22.5 Å². The third-order valence-corrected chi connectivity index (χ3v) is 1.91. The first kappa shape index (κ1) is 8.88. The lowest BCUT2D eigenvalue weighted by atomic mass is 10.5. The molecule has 1 N–H and O–H groups in total. The Hall–Kier alpha value is -1.21. The van der Waals surface area contributed by atoms with Gasteiger partial charge >= 0.3 is 0 Å².